The first kappa shape index (κ1) is 15.8. The molecule has 6 heteroatoms. The summed E-state index contributed by atoms with van der Waals surface area (Å²) in [6.45, 7) is 0. The summed E-state index contributed by atoms with van der Waals surface area (Å²) in [7, 11) is 1.98. The van der Waals surface area contributed by atoms with Gasteiger partial charge in [0.2, 0.25) is 5.95 Å². The fourth-order valence-electron chi connectivity index (χ4n) is 2.80. The van der Waals surface area contributed by atoms with E-state index < -0.39 is 0 Å². The maximum absolute atomic E-state index is 12.6. The molecule has 128 valence electrons. The molecule has 0 aliphatic rings. The molecule has 2 heterocycles. The van der Waals surface area contributed by atoms with E-state index in [-0.39, 0.29) is 5.91 Å². The van der Waals surface area contributed by atoms with Crippen LogP contribution in [-0.4, -0.2) is 20.4 Å². The van der Waals surface area contributed by atoms with Crippen molar-refractivity contribution in [1.29, 1.82) is 0 Å². The van der Waals surface area contributed by atoms with Gasteiger partial charge in [-0.1, -0.05) is 6.07 Å². The molecule has 2 aromatic heterocycles. The second kappa shape index (κ2) is 6.68. The largest absolute Gasteiger partial charge is 0.350 e. The number of nitrogens with zero attached hydrogens (tertiary/aromatic N) is 3. The second-order valence-corrected chi connectivity index (χ2v) is 5.89. The van der Waals surface area contributed by atoms with Crippen LogP contribution in [0.4, 0.5) is 17.3 Å². The molecule has 4 rings (SSSR count). The number of nitrogens with one attached hydrogen (secondary N) is 2. The molecule has 4 aromatic rings. The molecule has 0 radical (unpaired) electrons. The van der Waals surface area contributed by atoms with Gasteiger partial charge in [-0.05, 0) is 48.5 Å². The van der Waals surface area contributed by atoms with E-state index in [4.69, 9.17) is 0 Å². The van der Waals surface area contributed by atoms with Gasteiger partial charge in [0, 0.05) is 47.8 Å². The van der Waals surface area contributed by atoms with Crippen molar-refractivity contribution in [3.8, 4) is 0 Å². The maximum Gasteiger partial charge on any atom is 0.255 e. The van der Waals surface area contributed by atoms with Crippen molar-refractivity contribution in [2.45, 2.75) is 0 Å². The van der Waals surface area contributed by atoms with Gasteiger partial charge in [-0.15, -0.1) is 0 Å². The number of amides is 1. The molecule has 0 saturated heterocycles. The van der Waals surface area contributed by atoms with E-state index >= 15 is 0 Å². The maximum atomic E-state index is 12.6. The smallest absolute Gasteiger partial charge is 0.255 e. The molecule has 0 aliphatic heterocycles. The standard InChI is InChI=1S/C20H17N5O/c1-25-13-10-16-17(4-2-5-18(16)25)24-19(26)14-6-8-15(9-7-14)23-20-21-11-3-12-22-20/h2-13H,1H3,(H,24,26)(H,21,22,23). The highest BCUT2D eigenvalue weighted by Gasteiger charge is 2.10. The molecule has 0 aliphatic carbocycles. The van der Waals surface area contributed by atoms with Gasteiger partial charge in [0.05, 0.1) is 5.69 Å². The Hall–Kier alpha value is -3.67. The number of carbonyl (C=O) groups excluding carboxylic acids is 1. The summed E-state index contributed by atoms with van der Waals surface area (Å²) in [5, 5.41) is 7.09. The predicted octanol–water partition coefficient (Wildman–Crippen LogP) is 3.96. The number of anilines is 3. The number of hydrogen-bond donors (Lipinski definition) is 2. The lowest BCUT2D eigenvalue weighted by Gasteiger charge is -2.08. The van der Waals surface area contributed by atoms with E-state index in [2.05, 4.69) is 20.6 Å². The van der Waals surface area contributed by atoms with E-state index in [1.54, 1.807) is 30.6 Å². The summed E-state index contributed by atoms with van der Waals surface area (Å²) in [5.41, 5.74) is 3.27. The van der Waals surface area contributed by atoms with E-state index in [9.17, 15) is 4.79 Å². The van der Waals surface area contributed by atoms with E-state index in [1.807, 2.05) is 54.2 Å². The molecule has 2 aromatic carbocycles. The Morgan fingerprint density at radius 3 is 2.50 bits per heavy atom. The lowest BCUT2D eigenvalue weighted by Crippen LogP contribution is -2.12. The number of fused-ring (bicyclic) bond motifs is 1. The number of benzene rings is 2. The average molecular weight is 343 g/mol. The summed E-state index contributed by atoms with van der Waals surface area (Å²) in [4.78, 5) is 20.8. The van der Waals surface area contributed by atoms with E-state index in [1.165, 1.54) is 0 Å². The lowest BCUT2D eigenvalue weighted by atomic mass is 10.1. The fourth-order valence-corrected chi connectivity index (χ4v) is 2.80. The SMILES string of the molecule is Cn1ccc2c(NC(=O)c3ccc(Nc4ncccn4)cc3)cccc21. The third kappa shape index (κ3) is 3.12. The molecule has 1 amide bonds. The Morgan fingerprint density at radius 2 is 1.73 bits per heavy atom. The van der Waals surface area contributed by atoms with Crippen molar-refractivity contribution in [2.24, 2.45) is 7.05 Å². The minimum Gasteiger partial charge on any atom is -0.350 e. The Morgan fingerprint density at radius 1 is 0.962 bits per heavy atom. The normalized spacial score (nSPS) is 10.7. The molecule has 0 unspecified atom stereocenters. The van der Waals surface area contributed by atoms with Crippen LogP contribution >= 0.6 is 0 Å². The Bertz CT molecular complexity index is 1050. The summed E-state index contributed by atoms with van der Waals surface area (Å²) in [6.07, 6.45) is 5.31. The van der Waals surface area contributed by atoms with Crippen molar-refractivity contribution in [3.63, 3.8) is 0 Å². The first-order valence-corrected chi connectivity index (χ1v) is 8.20. The molecule has 0 atom stereocenters. The summed E-state index contributed by atoms with van der Waals surface area (Å²) in [6, 6.07) is 16.8. The van der Waals surface area contributed by atoms with Gasteiger partial charge in [0.25, 0.3) is 5.91 Å². The molecule has 0 spiro atoms. The van der Waals surface area contributed by atoms with Gasteiger partial charge in [0.1, 0.15) is 0 Å². The summed E-state index contributed by atoms with van der Waals surface area (Å²) < 4.78 is 2.02. The lowest BCUT2D eigenvalue weighted by molar-refractivity contribution is 0.102. The van der Waals surface area contributed by atoms with E-state index in [0.717, 1.165) is 22.3 Å². The molecule has 0 fully saturated rings. The predicted molar refractivity (Wildman–Crippen MR) is 103 cm³/mol. The first-order valence-electron chi connectivity index (χ1n) is 8.20. The molecule has 2 N–H and O–H groups in total. The van der Waals surface area contributed by atoms with Crippen molar-refractivity contribution in [3.05, 3.63) is 78.8 Å². The molecule has 6 nitrogen and oxygen atoms in total. The quantitative estimate of drug-likeness (QED) is 0.588. The second-order valence-electron chi connectivity index (χ2n) is 5.89. The minimum absolute atomic E-state index is 0.149. The monoisotopic (exact) mass is 343 g/mol. The highest BCUT2D eigenvalue weighted by atomic mass is 16.1. The van der Waals surface area contributed by atoms with Crippen molar-refractivity contribution in [2.75, 3.05) is 10.6 Å². The number of aryl methyl sites for hydroxylation is 1. The summed E-state index contributed by atoms with van der Waals surface area (Å²) >= 11 is 0. The van der Waals surface area contributed by atoms with Crippen molar-refractivity contribution < 1.29 is 4.79 Å². The fraction of sp³-hybridized carbons (Fsp3) is 0.0500. The van der Waals surface area contributed by atoms with Crippen molar-refractivity contribution >= 4 is 34.1 Å². The van der Waals surface area contributed by atoms with Gasteiger partial charge in [-0.25, -0.2) is 9.97 Å². The minimum atomic E-state index is -0.149. The van der Waals surface area contributed by atoms with Crippen LogP contribution < -0.4 is 10.6 Å². The third-order valence-corrected chi connectivity index (χ3v) is 4.15. The van der Waals surface area contributed by atoms with Crippen LogP contribution in [0.3, 0.4) is 0 Å². The zero-order valence-electron chi connectivity index (χ0n) is 14.2. The van der Waals surface area contributed by atoms with Crippen LogP contribution in [0.1, 0.15) is 10.4 Å². The topological polar surface area (TPSA) is 71.8 Å². The van der Waals surface area contributed by atoms with Crippen LogP contribution in [0.25, 0.3) is 10.9 Å². The van der Waals surface area contributed by atoms with Gasteiger partial charge >= 0.3 is 0 Å². The molecular weight excluding hydrogens is 326 g/mol. The van der Waals surface area contributed by atoms with Crippen LogP contribution in [0.5, 0.6) is 0 Å². The van der Waals surface area contributed by atoms with Crippen molar-refractivity contribution in [1.82, 2.24) is 14.5 Å². The Balaban J connectivity index is 1.51. The Kier molecular flexibility index (Phi) is 4.07. The highest BCUT2D eigenvalue weighted by Crippen LogP contribution is 2.24. The van der Waals surface area contributed by atoms with Crippen LogP contribution in [0.2, 0.25) is 0 Å². The van der Waals surface area contributed by atoms with Gasteiger partial charge in [0.15, 0.2) is 0 Å². The molecule has 0 bridgehead atoms. The number of rotatable bonds is 4. The Labute approximate surface area is 150 Å². The zero-order chi connectivity index (χ0) is 17.9. The van der Waals surface area contributed by atoms with Crippen LogP contribution in [0.15, 0.2) is 73.2 Å². The van der Waals surface area contributed by atoms with Gasteiger partial charge in [-0.3, -0.25) is 4.79 Å². The molecule has 26 heavy (non-hydrogen) atoms. The van der Waals surface area contributed by atoms with Crippen LogP contribution in [0, 0.1) is 0 Å². The number of hydrogen-bond acceptors (Lipinski definition) is 4. The molecule has 0 saturated carbocycles. The number of aromatic nitrogens is 3. The third-order valence-electron chi connectivity index (χ3n) is 4.15. The van der Waals surface area contributed by atoms with Crippen LogP contribution in [-0.2, 0) is 7.05 Å². The van der Waals surface area contributed by atoms with E-state index in [0.29, 0.717) is 11.5 Å². The average Bonchev–Trinajstić information content (AvgIpc) is 3.05. The zero-order valence-corrected chi connectivity index (χ0v) is 14.2. The highest BCUT2D eigenvalue weighted by molar-refractivity contribution is 6.09. The first-order chi connectivity index (χ1) is 12.7. The number of carbonyl (C=O) groups is 1. The molecular formula is C20H17N5O. The van der Waals surface area contributed by atoms with Gasteiger partial charge < -0.3 is 15.2 Å². The van der Waals surface area contributed by atoms with Gasteiger partial charge in [-0.2, -0.15) is 0 Å². The summed E-state index contributed by atoms with van der Waals surface area (Å²) in [5.74, 6) is 0.365.